The smallest absolute Gasteiger partial charge is 0.319 e. The van der Waals surface area contributed by atoms with Gasteiger partial charge in [0.25, 0.3) is 0 Å². The highest BCUT2D eigenvalue weighted by Gasteiger charge is 2.30. The molecule has 3 rings (SSSR count). The first-order chi connectivity index (χ1) is 11.9. The van der Waals surface area contributed by atoms with Crippen LogP contribution in [-0.4, -0.2) is 19.4 Å². The van der Waals surface area contributed by atoms with Gasteiger partial charge in [-0.1, -0.05) is 30.6 Å². The van der Waals surface area contributed by atoms with Crippen molar-refractivity contribution in [1.29, 1.82) is 0 Å². The quantitative estimate of drug-likeness (QED) is 0.551. The Morgan fingerprint density at radius 2 is 1.84 bits per heavy atom. The summed E-state index contributed by atoms with van der Waals surface area (Å²) in [7, 11) is 5.70. The van der Waals surface area contributed by atoms with Gasteiger partial charge in [0.1, 0.15) is 0 Å². The number of benzene rings is 2. The fourth-order valence-electron chi connectivity index (χ4n) is 2.59. The molecule has 0 aliphatic carbocycles. The van der Waals surface area contributed by atoms with Crippen LogP contribution in [-0.2, 0) is 12.6 Å². The number of fused-ring (bicyclic) bond motifs is 1. The monoisotopic (exact) mass is 360 g/mol. The summed E-state index contributed by atoms with van der Waals surface area (Å²) in [4.78, 5) is 6.48. The molecule has 0 fully saturated rings. The number of nitrogens with zero attached hydrogens (tertiary/aromatic N) is 2. The number of rotatable bonds is 5. The zero-order chi connectivity index (χ0) is 18.0. The Hall–Kier alpha value is -2.02. The van der Waals surface area contributed by atoms with Crippen molar-refractivity contribution in [2.75, 3.05) is 11.4 Å². The molecule has 7 heteroatoms. The van der Waals surface area contributed by atoms with E-state index in [1.807, 2.05) is 17.0 Å². The van der Waals surface area contributed by atoms with E-state index in [4.69, 9.17) is 7.85 Å². The highest BCUT2D eigenvalue weighted by atomic mass is 32.1. The lowest BCUT2D eigenvalue weighted by atomic mass is 10.0. The molecule has 2 nitrogen and oxygen atoms in total. The van der Waals surface area contributed by atoms with Crippen molar-refractivity contribution in [3.05, 3.63) is 53.6 Å². The van der Waals surface area contributed by atoms with E-state index in [1.54, 1.807) is 0 Å². The number of anilines is 2. The minimum atomic E-state index is -4.34. The molecule has 0 aliphatic heterocycles. The summed E-state index contributed by atoms with van der Waals surface area (Å²) >= 11 is 1.52. The molecule has 0 amide bonds. The number of halogens is 3. The van der Waals surface area contributed by atoms with Gasteiger partial charge >= 0.3 is 6.18 Å². The van der Waals surface area contributed by atoms with Crippen LogP contribution in [0, 0.1) is 0 Å². The fraction of sp³-hybridized carbons (Fsp3) is 0.278. The van der Waals surface area contributed by atoms with Crippen LogP contribution < -0.4 is 4.90 Å². The van der Waals surface area contributed by atoms with Crippen molar-refractivity contribution in [2.45, 2.75) is 25.8 Å². The second kappa shape index (κ2) is 7.08. The lowest BCUT2D eigenvalue weighted by Gasteiger charge is -2.21. The maximum absolute atomic E-state index is 12.8. The van der Waals surface area contributed by atoms with Crippen molar-refractivity contribution < 1.29 is 13.2 Å². The first-order valence-corrected chi connectivity index (χ1v) is 8.78. The maximum atomic E-state index is 12.8. The normalized spacial score (nSPS) is 11.8. The van der Waals surface area contributed by atoms with Gasteiger partial charge in [-0.25, -0.2) is 4.98 Å². The third-order valence-corrected chi connectivity index (χ3v) is 4.98. The third kappa shape index (κ3) is 3.81. The van der Waals surface area contributed by atoms with E-state index in [2.05, 4.69) is 18.0 Å². The molecule has 0 spiro atoms. The number of hydrogen-bond acceptors (Lipinski definition) is 3. The van der Waals surface area contributed by atoms with Crippen molar-refractivity contribution in [2.24, 2.45) is 0 Å². The molecular formula is C18H16BF3N2S. The highest BCUT2D eigenvalue weighted by molar-refractivity contribution is 7.22. The van der Waals surface area contributed by atoms with Gasteiger partial charge in [-0.2, -0.15) is 13.2 Å². The minimum absolute atomic E-state index is 0.372. The molecule has 0 N–H and O–H groups in total. The molecular weight excluding hydrogens is 344 g/mol. The number of thiazole rings is 1. The molecule has 1 aromatic heterocycles. The van der Waals surface area contributed by atoms with Crippen molar-refractivity contribution in [1.82, 2.24) is 4.98 Å². The molecule has 25 heavy (non-hydrogen) atoms. The molecule has 0 bridgehead atoms. The largest absolute Gasteiger partial charge is 0.416 e. The number of aromatic nitrogens is 1. The fourth-order valence-corrected chi connectivity index (χ4v) is 3.66. The Morgan fingerprint density at radius 3 is 2.44 bits per heavy atom. The summed E-state index contributed by atoms with van der Waals surface area (Å²) in [5.41, 5.74) is 2.09. The van der Waals surface area contributed by atoms with Crippen LogP contribution in [0.4, 0.5) is 24.0 Å². The van der Waals surface area contributed by atoms with Crippen molar-refractivity contribution >= 4 is 40.2 Å². The lowest BCUT2D eigenvalue weighted by molar-refractivity contribution is -0.137. The Balaban J connectivity index is 1.98. The van der Waals surface area contributed by atoms with Gasteiger partial charge < -0.3 is 4.90 Å². The summed E-state index contributed by atoms with van der Waals surface area (Å²) < 4.78 is 39.3. The van der Waals surface area contributed by atoms with Crippen LogP contribution >= 0.6 is 11.3 Å². The van der Waals surface area contributed by atoms with Crippen LogP contribution in [0.1, 0.15) is 18.1 Å². The molecule has 0 saturated carbocycles. The Labute approximate surface area is 149 Å². The van der Waals surface area contributed by atoms with Gasteiger partial charge in [0.05, 0.1) is 23.6 Å². The van der Waals surface area contributed by atoms with Gasteiger partial charge in [-0.05, 0) is 48.4 Å². The predicted octanol–water partition coefficient (Wildman–Crippen LogP) is 5.60. The molecule has 2 aromatic carbocycles. The summed E-state index contributed by atoms with van der Waals surface area (Å²) in [5.74, 6) is 0. The topological polar surface area (TPSA) is 16.1 Å². The average molecular weight is 360 g/mol. The van der Waals surface area contributed by atoms with Crippen LogP contribution in [0.2, 0.25) is 6.32 Å². The molecule has 2 radical (unpaired) electrons. The van der Waals surface area contributed by atoms with Crippen LogP contribution in [0.5, 0.6) is 0 Å². The van der Waals surface area contributed by atoms with Crippen molar-refractivity contribution in [3.8, 4) is 0 Å². The second-order valence-corrected chi connectivity index (χ2v) is 6.65. The summed E-state index contributed by atoms with van der Waals surface area (Å²) in [6, 6.07) is 11.2. The average Bonchev–Trinajstić information content (AvgIpc) is 3.01. The SMILES string of the molecule is [B]CCN(c1ccc(C(F)(F)F)cc1)c1nc2ccc(CC)cc2s1. The Bertz CT molecular complexity index is 859. The number of hydrogen-bond donors (Lipinski definition) is 0. The van der Waals surface area contributed by atoms with Crippen LogP contribution in [0.3, 0.4) is 0 Å². The second-order valence-electron chi connectivity index (χ2n) is 5.64. The van der Waals surface area contributed by atoms with Crippen LogP contribution in [0.15, 0.2) is 42.5 Å². The molecule has 128 valence electrons. The van der Waals surface area contributed by atoms with Gasteiger partial charge in [0.15, 0.2) is 5.13 Å². The Kier molecular flexibility index (Phi) is 5.04. The van der Waals surface area contributed by atoms with Crippen molar-refractivity contribution in [3.63, 3.8) is 0 Å². The minimum Gasteiger partial charge on any atom is -0.319 e. The zero-order valence-electron chi connectivity index (χ0n) is 13.7. The first-order valence-electron chi connectivity index (χ1n) is 7.96. The molecule has 0 unspecified atom stereocenters. The maximum Gasteiger partial charge on any atom is 0.416 e. The van der Waals surface area contributed by atoms with Gasteiger partial charge in [0.2, 0.25) is 0 Å². The molecule has 0 atom stereocenters. The molecule has 1 heterocycles. The zero-order valence-corrected chi connectivity index (χ0v) is 14.5. The van der Waals surface area contributed by atoms with Crippen LogP contribution in [0.25, 0.3) is 10.2 Å². The molecule has 3 aromatic rings. The van der Waals surface area contributed by atoms with E-state index >= 15 is 0 Å². The standard InChI is InChI=1S/C18H16BF3N2S/c1-2-12-3-8-15-16(11-12)25-17(23-15)24(10-9-19)14-6-4-13(5-7-14)18(20,21)22/h3-8,11H,2,9-10H2,1H3. The van der Waals surface area contributed by atoms with E-state index in [1.165, 1.54) is 29.0 Å². The Morgan fingerprint density at radius 1 is 1.12 bits per heavy atom. The highest BCUT2D eigenvalue weighted by Crippen LogP contribution is 2.36. The van der Waals surface area contributed by atoms with Gasteiger partial charge in [-0.15, -0.1) is 0 Å². The number of alkyl halides is 3. The predicted molar refractivity (Wildman–Crippen MR) is 98.0 cm³/mol. The van der Waals surface area contributed by atoms with E-state index in [9.17, 15) is 13.2 Å². The van der Waals surface area contributed by atoms with E-state index < -0.39 is 11.7 Å². The lowest BCUT2D eigenvalue weighted by Crippen LogP contribution is -2.18. The molecule has 0 saturated heterocycles. The first kappa shape index (κ1) is 17.8. The van der Waals surface area contributed by atoms with E-state index in [-0.39, 0.29) is 0 Å². The van der Waals surface area contributed by atoms with E-state index in [0.29, 0.717) is 18.6 Å². The summed E-state index contributed by atoms with van der Waals surface area (Å²) in [6.45, 7) is 2.57. The van der Waals surface area contributed by atoms with E-state index in [0.717, 1.165) is 33.9 Å². The van der Waals surface area contributed by atoms with Gasteiger partial charge in [0, 0.05) is 12.2 Å². The number of aryl methyl sites for hydroxylation is 1. The van der Waals surface area contributed by atoms with Gasteiger partial charge in [-0.3, -0.25) is 0 Å². The molecule has 0 aliphatic rings. The summed E-state index contributed by atoms with van der Waals surface area (Å²) in [5, 5.41) is 0.730. The third-order valence-electron chi connectivity index (χ3n) is 3.94. The summed E-state index contributed by atoms with van der Waals surface area (Å²) in [6.07, 6.45) is -3.03.